The Bertz CT molecular complexity index is 405. The fourth-order valence-electron chi connectivity index (χ4n) is 3.13. The standard InChI is InChI=1S/C13H22F3NO2Si/c1-9-6-5-7-10-8-11(13(14,15)16)17-18-12(9,10)19-20(2,3)4/h9-10H,5-8H2,1-4H3. The van der Waals surface area contributed by atoms with E-state index in [-0.39, 0.29) is 18.3 Å². The Morgan fingerprint density at radius 1 is 1.30 bits per heavy atom. The van der Waals surface area contributed by atoms with Crippen molar-refractivity contribution in [3.8, 4) is 0 Å². The molecular weight excluding hydrogens is 287 g/mol. The zero-order valence-corrected chi connectivity index (χ0v) is 13.4. The summed E-state index contributed by atoms with van der Waals surface area (Å²) < 4.78 is 44.6. The van der Waals surface area contributed by atoms with Gasteiger partial charge in [0, 0.05) is 18.3 Å². The predicted molar refractivity (Wildman–Crippen MR) is 72.9 cm³/mol. The van der Waals surface area contributed by atoms with E-state index in [1.165, 1.54) is 0 Å². The van der Waals surface area contributed by atoms with Crippen LogP contribution in [0.1, 0.15) is 32.6 Å². The van der Waals surface area contributed by atoms with Crippen molar-refractivity contribution in [3.05, 3.63) is 0 Å². The van der Waals surface area contributed by atoms with E-state index in [0.29, 0.717) is 6.42 Å². The predicted octanol–water partition coefficient (Wildman–Crippen LogP) is 4.31. The van der Waals surface area contributed by atoms with Gasteiger partial charge >= 0.3 is 6.18 Å². The molecule has 1 fully saturated rings. The molecule has 3 nitrogen and oxygen atoms in total. The van der Waals surface area contributed by atoms with Crippen molar-refractivity contribution in [2.75, 3.05) is 0 Å². The summed E-state index contributed by atoms with van der Waals surface area (Å²) in [6.45, 7) is 8.05. The minimum Gasteiger partial charge on any atom is -0.380 e. The van der Waals surface area contributed by atoms with Crippen LogP contribution >= 0.6 is 0 Å². The first kappa shape index (κ1) is 15.8. The molecule has 3 unspecified atom stereocenters. The van der Waals surface area contributed by atoms with Crippen LogP contribution in [0.15, 0.2) is 5.16 Å². The number of rotatable bonds is 2. The Kier molecular flexibility index (Phi) is 3.97. The summed E-state index contributed by atoms with van der Waals surface area (Å²) in [4.78, 5) is 5.38. The summed E-state index contributed by atoms with van der Waals surface area (Å²) in [5, 5.41) is 3.38. The quantitative estimate of drug-likeness (QED) is 0.712. The summed E-state index contributed by atoms with van der Waals surface area (Å²) >= 11 is 0. The van der Waals surface area contributed by atoms with Crippen LogP contribution in [0.3, 0.4) is 0 Å². The molecule has 0 bridgehead atoms. The third-order valence-electron chi connectivity index (χ3n) is 3.98. The molecule has 1 aliphatic heterocycles. The molecule has 0 aromatic heterocycles. The molecule has 116 valence electrons. The second-order valence-corrected chi connectivity index (χ2v) is 11.2. The molecule has 0 amide bonds. The van der Waals surface area contributed by atoms with Crippen LogP contribution in [0.25, 0.3) is 0 Å². The molecule has 2 rings (SSSR count). The minimum atomic E-state index is -4.41. The lowest BCUT2D eigenvalue weighted by Crippen LogP contribution is -2.58. The molecule has 2 aliphatic rings. The van der Waals surface area contributed by atoms with Crippen molar-refractivity contribution in [2.24, 2.45) is 17.0 Å². The van der Waals surface area contributed by atoms with Gasteiger partial charge in [0.25, 0.3) is 0 Å². The van der Waals surface area contributed by atoms with Crippen molar-refractivity contribution in [2.45, 2.75) is 64.2 Å². The number of nitrogens with zero attached hydrogens (tertiary/aromatic N) is 1. The van der Waals surface area contributed by atoms with Crippen LogP contribution in [-0.2, 0) is 9.26 Å². The van der Waals surface area contributed by atoms with Gasteiger partial charge in [-0.25, -0.2) is 0 Å². The maximum Gasteiger partial charge on any atom is 0.432 e. The number of alkyl halides is 3. The number of hydrogen-bond acceptors (Lipinski definition) is 3. The molecule has 0 N–H and O–H groups in total. The summed E-state index contributed by atoms with van der Waals surface area (Å²) in [6.07, 6.45) is -2.00. The lowest BCUT2D eigenvalue weighted by Gasteiger charge is -2.50. The summed E-state index contributed by atoms with van der Waals surface area (Å²) in [7, 11) is -1.95. The van der Waals surface area contributed by atoms with Crippen molar-refractivity contribution in [3.63, 3.8) is 0 Å². The molecule has 0 saturated heterocycles. The van der Waals surface area contributed by atoms with Gasteiger partial charge in [0.15, 0.2) is 14.0 Å². The Balaban J connectivity index is 2.32. The Hall–Kier alpha value is -0.563. The highest BCUT2D eigenvalue weighted by molar-refractivity contribution is 6.69. The molecule has 20 heavy (non-hydrogen) atoms. The third-order valence-corrected chi connectivity index (χ3v) is 4.91. The summed E-state index contributed by atoms with van der Waals surface area (Å²) in [5.41, 5.74) is -0.814. The van der Waals surface area contributed by atoms with Crippen LogP contribution < -0.4 is 0 Å². The molecule has 1 aliphatic carbocycles. The smallest absolute Gasteiger partial charge is 0.380 e. The van der Waals surface area contributed by atoms with Gasteiger partial charge in [0.2, 0.25) is 5.79 Å². The van der Waals surface area contributed by atoms with Crippen LogP contribution in [-0.4, -0.2) is 26.0 Å². The number of halogens is 3. The van der Waals surface area contributed by atoms with E-state index in [9.17, 15) is 13.2 Å². The van der Waals surface area contributed by atoms with E-state index >= 15 is 0 Å². The Morgan fingerprint density at radius 3 is 2.50 bits per heavy atom. The molecule has 1 heterocycles. The zero-order valence-electron chi connectivity index (χ0n) is 12.4. The van der Waals surface area contributed by atoms with Gasteiger partial charge in [0.05, 0.1) is 0 Å². The lowest BCUT2D eigenvalue weighted by molar-refractivity contribution is -0.274. The van der Waals surface area contributed by atoms with Gasteiger partial charge in [-0.3, -0.25) is 0 Å². The van der Waals surface area contributed by atoms with E-state index in [2.05, 4.69) is 5.16 Å². The Labute approximate surface area is 118 Å². The van der Waals surface area contributed by atoms with Crippen molar-refractivity contribution in [1.29, 1.82) is 0 Å². The van der Waals surface area contributed by atoms with Crippen LogP contribution in [0.5, 0.6) is 0 Å². The highest BCUT2D eigenvalue weighted by Gasteiger charge is 2.56. The van der Waals surface area contributed by atoms with Crippen LogP contribution in [0, 0.1) is 11.8 Å². The van der Waals surface area contributed by atoms with Gasteiger partial charge < -0.3 is 9.26 Å². The number of hydrogen-bond donors (Lipinski definition) is 0. The first-order valence-corrected chi connectivity index (χ1v) is 10.5. The lowest BCUT2D eigenvalue weighted by atomic mass is 9.74. The van der Waals surface area contributed by atoms with Gasteiger partial charge in [-0.15, -0.1) is 0 Å². The molecule has 1 saturated carbocycles. The largest absolute Gasteiger partial charge is 0.432 e. The minimum absolute atomic E-state index is 0.0616. The molecule has 0 radical (unpaired) electrons. The van der Waals surface area contributed by atoms with Crippen molar-refractivity contribution < 1.29 is 22.4 Å². The molecule has 0 spiro atoms. The van der Waals surface area contributed by atoms with E-state index in [4.69, 9.17) is 9.26 Å². The Morgan fingerprint density at radius 2 is 1.95 bits per heavy atom. The second kappa shape index (κ2) is 5.01. The van der Waals surface area contributed by atoms with E-state index in [1.807, 2.05) is 26.6 Å². The van der Waals surface area contributed by atoms with Crippen molar-refractivity contribution >= 4 is 14.0 Å². The first-order chi connectivity index (χ1) is 9.05. The molecule has 0 aromatic carbocycles. The molecular formula is C13H22F3NO2Si. The highest BCUT2D eigenvalue weighted by atomic mass is 28.4. The second-order valence-electron chi connectivity index (χ2n) is 6.80. The van der Waals surface area contributed by atoms with Crippen LogP contribution in [0.2, 0.25) is 19.6 Å². The SMILES string of the molecule is CC1CCCC2CC(C(F)(F)F)=NOC12O[Si](C)(C)C. The van der Waals surface area contributed by atoms with E-state index in [1.54, 1.807) is 0 Å². The van der Waals surface area contributed by atoms with Gasteiger partial charge in [-0.2, -0.15) is 13.2 Å². The molecule has 7 heteroatoms. The van der Waals surface area contributed by atoms with Gasteiger partial charge in [-0.1, -0.05) is 18.5 Å². The highest BCUT2D eigenvalue weighted by Crippen LogP contribution is 2.48. The molecule has 3 atom stereocenters. The maximum atomic E-state index is 12.8. The average molecular weight is 309 g/mol. The van der Waals surface area contributed by atoms with E-state index in [0.717, 1.165) is 12.8 Å². The number of fused-ring (bicyclic) bond motifs is 1. The average Bonchev–Trinajstić information content (AvgIpc) is 2.26. The topological polar surface area (TPSA) is 30.8 Å². The number of oxime groups is 1. The maximum absolute atomic E-state index is 12.8. The fraction of sp³-hybridized carbons (Fsp3) is 0.923. The van der Waals surface area contributed by atoms with Crippen LogP contribution in [0.4, 0.5) is 13.2 Å². The monoisotopic (exact) mass is 309 g/mol. The third kappa shape index (κ3) is 3.03. The molecule has 0 aromatic rings. The zero-order chi connectivity index (χ0) is 15.2. The summed E-state index contributed by atoms with van der Waals surface area (Å²) in [6, 6.07) is 0. The van der Waals surface area contributed by atoms with Gasteiger partial charge in [0.1, 0.15) is 0 Å². The summed E-state index contributed by atoms with van der Waals surface area (Å²) in [5.74, 6) is -1.16. The van der Waals surface area contributed by atoms with Crippen molar-refractivity contribution in [1.82, 2.24) is 0 Å². The normalized spacial score (nSPS) is 35.0. The first-order valence-electron chi connectivity index (χ1n) is 7.07. The fourth-order valence-corrected chi connectivity index (χ4v) is 4.49. The van der Waals surface area contributed by atoms with Gasteiger partial charge in [-0.05, 0) is 32.5 Å². The van der Waals surface area contributed by atoms with E-state index < -0.39 is 26.0 Å².